The fourth-order valence-corrected chi connectivity index (χ4v) is 3.44. The SMILES string of the molecule is CC(=O)c1sc2c(c1Cl)CCCC2. The number of aryl methyl sites for hydroxylation is 1. The normalized spacial score (nSPS) is 15.5. The summed E-state index contributed by atoms with van der Waals surface area (Å²) in [5.41, 5.74) is 1.24. The molecule has 1 aromatic heterocycles. The minimum absolute atomic E-state index is 0.101. The molecule has 1 aromatic rings. The summed E-state index contributed by atoms with van der Waals surface area (Å²) in [7, 11) is 0. The van der Waals surface area contributed by atoms with Crippen molar-refractivity contribution in [2.24, 2.45) is 0 Å². The Morgan fingerprint density at radius 1 is 1.38 bits per heavy atom. The van der Waals surface area contributed by atoms with E-state index >= 15 is 0 Å². The Hall–Kier alpha value is -0.340. The highest BCUT2D eigenvalue weighted by molar-refractivity contribution is 7.15. The lowest BCUT2D eigenvalue weighted by molar-refractivity contribution is 0.102. The van der Waals surface area contributed by atoms with Crippen LogP contribution in [0.25, 0.3) is 0 Å². The van der Waals surface area contributed by atoms with Crippen LogP contribution in [0.5, 0.6) is 0 Å². The number of ketones is 1. The van der Waals surface area contributed by atoms with Crippen LogP contribution in [-0.2, 0) is 12.8 Å². The standard InChI is InChI=1S/C10H11ClOS/c1-6(12)10-9(11)7-4-2-3-5-8(7)13-10/h2-5H2,1H3. The topological polar surface area (TPSA) is 17.1 Å². The maximum atomic E-state index is 11.2. The molecule has 70 valence electrons. The van der Waals surface area contributed by atoms with Crippen molar-refractivity contribution >= 4 is 28.7 Å². The molecular weight excluding hydrogens is 204 g/mol. The minimum atomic E-state index is 0.101. The highest BCUT2D eigenvalue weighted by atomic mass is 35.5. The Bertz CT molecular complexity index is 354. The molecule has 0 saturated heterocycles. The molecule has 0 fully saturated rings. The van der Waals surface area contributed by atoms with E-state index in [2.05, 4.69) is 0 Å². The second-order valence-electron chi connectivity index (χ2n) is 3.41. The third-order valence-corrected chi connectivity index (χ3v) is 4.35. The van der Waals surface area contributed by atoms with E-state index in [1.54, 1.807) is 18.3 Å². The van der Waals surface area contributed by atoms with E-state index in [1.165, 1.54) is 23.3 Å². The Morgan fingerprint density at radius 2 is 2.08 bits per heavy atom. The van der Waals surface area contributed by atoms with Gasteiger partial charge in [0.15, 0.2) is 5.78 Å². The highest BCUT2D eigenvalue weighted by Gasteiger charge is 2.20. The van der Waals surface area contributed by atoms with Gasteiger partial charge in [-0.15, -0.1) is 11.3 Å². The first-order valence-electron chi connectivity index (χ1n) is 4.51. The number of carbonyl (C=O) groups excluding carboxylic acids is 1. The first-order chi connectivity index (χ1) is 6.20. The zero-order valence-electron chi connectivity index (χ0n) is 7.52. The number of thiophene rings is 1. The number of Topliss-reactive ketones (excluding diaryl/α,β-unsaturated/α-hetero) is 1. The fourth-order valence-electron chi connectivity index (χ4n) is 1.75. The van der Waals surface area contributed by atoms with Gasteiger partial charge < -0.3 is 0 Å². The summed E-state index contributed by atoms with van der Waals surface area (Å²) >= 11 is 7.72. The summed E-state index contributed by atoms with van der Waals surface area (Å²) in [6, 6.07) is 0. The van der Waals surface area contributed by atoms with Crippen molar-refractivity contribution in [2.45, 2.75) is 32.6 Å². The molecule has 1 nitrogen and oxygen atoms in total. The van der Waals surface area contributed by atoms with Crippen molar-refractivity contribution < 1.29 is 4.79 Å². The molecule has 0 aromatic carbocycles. The minimum Gasteiger partial charge on any atom is -0.294 e. The van der Waals surface area contributed by atoms with Crippen LogP contribution in [-0.4, -0.2) is 5.78 Å². The molecule has 0 aliphatic heterocycles. The van der Waals surface area contributed by atoms with E-state index in [4.69, 9.17) is 11.6 Å². The highest BCUT2D eigenvalue weighted by Crippen LogP contribution is 2.37. The van der Waals surface area contributed by atoms with Gasteiger partial charge in [0.2, 0.25) is 0 Å². The second-order valence-corrected chi connectivity index (χ2v) is 4.89. The summed E-state index contributed by atoms with van der Waals surface area (Å²) < 4.78 is 0. The fraction of sp³-hybridized carbons (Fsp3) is 0.500. The maximum absolute atomic E-state index is 11.2. The Labute approximate surface area is 86.7 Å². The molecule has 0 unspecified atom stereocenters. The first-order valence-corrected chi connectivity index (χ1v) is 5.70. The van der Waals surface area contributed by atoms with Crippen molar-refractivity contribution in [3.05, 3.63) is 20.3 Å². The lowest BCUT2D eigenvalue weighted by Crippen LogP contribution is -1.98. The number of hydrogen-bond donors (Lipinski definition) is 0. The summed E-state index contributed by atoms with van der Waals surface area (Å²) in [6.45, 7) is 1.59. The Morgan fingerprint density at radius 3 is 2.69 bits per heavy atom. The predicted molar refractivity (Wildman–Crippen MR) is 56.0 cm³/mol. The van der Waals surface area contributed by atoms with E-state index in [9.17, 15) is 4.79 Å². The van der Waals surface area contributed by atoms with Crippen molar-refractivity contribution in [1.29, 1.82) is 0 Å². The molecule has 0 spiro atoms. The summed E-state index contributed by atoms with van der Waals surface area (Å²) in [6.07, 6.45) is 4.60. The van der Waals surface area contributed by atoms with Gasteiger partial charge in [-0.05, 0) is 31.2 Å². The molecule has 0 bridgehead atoms. The van der Waals surface area contributed by atoms with Crippen LogP contribution in [0.4, 0.5) is 0 Å². The first kappa shape index (κ1) is 9.22. The van der Waals surface area contributed by atoms with Crippen LogP contribution in [0.1, 0.15) is 39.9 Å². The maximum Gasteiger partial charge on any atom is 0.171 e. The van der Waals surface area contributed by atoms with Crippen molar-refractivity contribution in [1.82, 2.24) is 0 Å². The van der Waals surface area contributed by atoms with Gasteiger partial charge in [0.1, 0.15) is 0 Å². The van der Waals surface area contributed by atoms with Crippen LogP contribution >= 0.6 is 22.9 Å². The third-order valence-electron chi connectivity index (χ3n) is 2.43. The van der Waals surface area contributed by atoms with Crippen LogP contribution in [0.2, 0.25) is 5.02 Å². The summed E-state index contributed by atoms with van der Waals surface area (Å²) in [4.78, 5) is 13.3. The molecule has 0 saturated carbocycles. The molecule has 3 heteroatoms. The average molecular weight is 215 g/mol. The predicted octanol–water partition coefficient (Wildman–Crippen LogP) is 3.48. The van der Waals surface area contributed by atoms with E-state index in [1.807, 2.05) is 0 Å². The quantitative estimate of drug-likeness (QED) is 0.655. The summed E-state index contributed by atoms with van der Waals surface area (Å²) in [5, 5.41) is 0.729. The van der Waals surface area contributed by atoms with Gasteiger partial charge in [0, 0.05) is 11.8 Å². The average Bonchev–Trinajstić information content (AvgIpc) is 2.45. The van der Waals surface area contributed by atoms with Gasteiger partial charge in [-0.2, -0.15) is 0 Å². The number of fused-ring (bicyclic) bond motifs is 1. The van der Waals surface area contributed by atoms with Gasteiger partial charge >= 0.3 is 0 Å². The molecule has 13 heavy (non-hydrogen) atoms. The van der Waals surface area contributed by atoms with Crippen molar-refractivity contribution in [3.63, 3.8) is 0 Å². The lowest BCUT2D eigenvalue weighted by atomic mass is 9.99. The van der Waals surface area contributed by atoms with Crippen LogP contribution in [0.3, 0.4) is 0 Å². The third kappa shape index (κ3) is 1.53. The van der Waals surface area contributed by atoms with Gasteiger partial charge in [-0.25, -0.2) is 0 Å². The van der Waals surface area contributed by atoms with Gasteiger partial charge in [-0.3, -0.25) is 4.79 Å². The molecule has 0 N–H and O–H groups in total. The molecular formula is C10H11ClOS. The monoisotopic (exact) mass is 214 g/mol. The smallest absolute Gasteiger partial charge is 0.171 e. The molecule has 1 aliphatic carbocycles. The zero-order chi connectivity index (χ0) is 9.42. The largest absolute Gasteiger partial charge is 0.294 e. The van der Waals surface area contributed by atoms with E-state index < -0.39 is 0 Å². The molecule has 1 aliphatic rings. The van der Waals surface area contributed by atoms with Crippen LogP contribution in [0.15, 0.2) is 0 Å². The van der Waals surface area contributed by atoms with Gasteiger partial charge in [-0.1, -0.05) is 11.6 Å². The second kappa shape index (κ2) is 3.43. The molecule has 2 rings (SSSR count). The number of halogens is 1. The van der Waals surface area contributed by atoms with E-state index in [0.29, 0.717) is 0 Å². The zero-order valence-corrected chi connectivity index (χ0v) is 9.10. The van der Waals surface area contributed by atoms with E-state index in [-0.39, 0.29) is 5.78 Å². The van der Waals surface area contributed by atoms with Crippen molar-refractivity contribution in [3.8, 4) is 0 Å². The number of rotatable bonds is 1. The summed E-state index contributed by atoms with van der Waals surface area (Å²) in [5.74, 6) is 0.101. The molecule has 0 amide bonds. The Balaban J connectivity index is 2.50. The lowest BCUT2D eigenvalue weighted by Gasteiger charge is -2.09. The molecule has 0 atom stereocenters. The van der Waals surface area contributed by atoms with E-state index in [0.717, 1.165) is 22.7 Å². The van der Waals surface area contributed by atoms with Crippen LogP contribution in [0, 0.1) is 0 Å². The van der Waals surface area contributed by atoms with Gasteiger partial charge in [0.05, 0.1) is 9.90 Å². The number of carbonyl (C=O) groups is 1. The Kier molecular flexibility index (Phi) is 2.43. The van der Waals surface area contributed by atoms with Crippen molar-refractivity contribution in [2.75, 3.05) is 0 Å². The molecule has 1 heterocycles. The number of hydrogen-bond acceptors (Lipinski definition) is 2. The van der Waals surface area contributed by atoms with Crippen LogP contribution < -0.4 is 0 Å². The van der Waals surface area contributed by atoms with Gasteiger partial charge in [0.25, 0.3) is 0 Å². The molecule has 0 radical (unpaired) electrons.